The van der Waals surface area contributed by atoms with Gasteiger partial charge in [-0.3, -0.25) is 14.4 Å². The molecule has 1 saturated heterocycles. The van der Waals surface area contributed by atoms with Crippen molar-refractivity contribution in [2.45, 2.75) is 20.3 Å². The van der Waals surface area contributed by atoms with Crippen LogP contribution in [0.4, 0.5) is 10.1 Å². The molecule has 1 aromatic heterocycles. The Bertz CT molecular complexity index is 1320. The van der Waals surface area contributed by atoms with E-state index in [-0.39, 0.29) is 30.1 Å². The summed E-state index contributed by atoms with van der Waals surface area (Å²) in [6.45, 7) is 3.92. The highest BCUT2D eigenvalue weighted by Crippen LogP contribution is 2.24. The molecule has 1 fully saturated rings. The molecular weight excluding hydrogens is 439 g/mol. The number of hydrogen-bond donors (Lipinski definition) is 1. The molecule has 0 unspecified atom stereocenters. The largest absolute Gasteiger partial charge is 0.497 e. The average Bonchev–Trinajstić information content (AvgIpc) is 2.85. The monoisotopic (exact) mass is 464 g/mol. The maximum absolute atomic E-state index is 14.6. The second-order valence-corrected chi connectivity index (χ2v) is 8.21. The molecule has 34 heavy (non-hydrogen) atoms. The van der Waals surface area contributed by atoms with Crippen molar-refractivity contribution in [3.05, 3.63) is 86.6 Å². The highest BCUT2D eigenvalue weighted by molar-refractivity contribution is 6.02. The maximum Gasteiger partial charge on any atom is 0.267 e. The number of rotatable bonds is 5. The molecule has 8 nitrogen and oxygen atoms in total. The van der Waals surface area contributed by atoms with E-state index >= 15 is 0 Å². The van der Waals surface area contributed by atoms with Crippen molar-refractivity contribution in [1.82, 2.24) is 15.1 Å². The highest BCUT2D eigenvalue weighted by Gasteiger charge is 2.30. The van der Waals surface area contributed by atoms with Gasteiger partial charge in [0.1, 0.15) is 18.1 Å². The summed E-state index contributed by atoms with van der Waals surface area (Å²) in [6.07, 6.45) is 0.326. The summed E-state index contributed by atoms with van der Waals surface area (Å²) >= 11 is 0. The SMILES string of the molecule is COc1cccc(N2CCN(C(=O)c3cc(Cc4n[nH]c(=O)c(C)c4C)ccc3F)CC2=O)c1. The number of methoxy groups -OCH3 is 1. The van der Waals surface area contributed by atoms with Crippen LogP contribution in [0.3, 0.4) is 0 Å². The number of H-pyrrole nitrogens is 1. The number of nitrogens with zero attached hydrogens (tertiary/aromatic N) is 3. The van der Waals surface area contributed by atoms with Gasteiger partial charge >= 0.3 is 0 Å². The zero-order valence-electron chi connectivity index (χ0n) is 19.2. The third-order valence-corrected chi connectivity index (χ3v) is 6.13. The molecule has 0 atom stereocenters. The van der Waals surface area contributed by atoms with Crippen molar-refractivity contribution < 1.29 is 18.7 Å². The summed E-state index contributed by atoms with van der Waals surface area (Å²) in [4.78, 5) is 40.6. The number of benzene rings is 2. The number of carbonyl (C=O) groups is 2. The van der Waals surface area contributed by atoms with Crippen molar-refractivity contribution in [2.24, 2.45) is 0 Å². The summed E-state index contributed by atoms with van der Waals surface area (Å²) in [5.74, 6) is -0.822. The Kier molecular flexibility index (Phi) is 6.45. The van der Waals surface area contributed by atoms with Crippen molar-refractivity contribution in [2.75, 3.05) is 31.6 Å². The molecule has 9 heteroatoms. The van der Waals surface area contributed by atoms with Gasteiger partial charge in [-0.2, -0.15) is 5.10 Å². The van der Waals surface area contributed by atoms with Crippen molar-refractivity contribution in [3.8, 4) is 5.75 Å². The van der Waals surface area contributed by atoms with E-state index in [9.17, 15) is 18.8 Å². The molecule has 0 bridgehead atoms. The van der Waals surface area contributed by atoms with Crippen LogP contribution in [0.1, 0.15) is 32.7 Å². The molecular formula is C25H25FN4O4. The van der Waals surface area contributed by atoms with E-state index in [1.807, 2.05) is 0 Å². The quantitative estimate of drug-likeness (QED) is 0.626. The second kappa shape index (κ2) is 9.46. The first-order valence-electron chi connectivity index (χ1n) is 10.9. The maximum atomic E-state index is 14.6. The van der Waals surface area contributed by atoms with Gasteiger partial charge in [-0.15, -0.1) is 0 Å². The molecule has 3 aromatic rings. The first-order chi connectivity index (χ1) is 16.3. The Labute approximate surface area is 196 Å². The van der Waals surface area contributed by atoms with Crippen molar-refractivity contribution in [3.63, 3.8) is 0 Å². The molecule has 1 aliphatic heterocycles. The Balaban J connectivity index is 1.52. The molecule has 0 aliphatic carbocycles. The molecule has 4 rings (SSSR count). The van der Waals surface area contributed by atoms with Gasteiger partial charge < -0.3 is 14.5 Å². The highest BCUT2D eigenvalue weighted by atomic mass is 19.1. The van der Waals surface area contributed by atoms with E-state index in [0.717, 1.165) is 5.56 Å². The predicted octanol–water partition coefficient (Wildman–Crippen LogP) is 2.61. The number of aromatic nitrogens is 2. The molecule has 2 heterocycles. The number of aromatic amines is 1. The molecule has 0 saturated carbocycles. The number of ether oxygens (including phenoxy) is 1. The van der Waals surface area contributed by atoms with E-state index in [2.05, 4.69) is 10.2 Å². The molecule has 2 aromatic carbocycles. The van der Waals surface area contributed by atoms with Crippen LogP contribution < -0.4 is 15.2 Å². The number of carbonyl (C=O) groups excluding carboxylic acids is 2. The van der Waals surface area contributed by atoms with Crippen molar-refractivity contribution >= 4 is 17.5 Å². The number of halogens is 1. The lowest BCUT2D eigenvalue weighted by molar-refractivity contribution is -0.120. The third-order valence-electron chi connectivity index (χ3n) is 6.13. The minimum absolute atomic E-state index is 0.0982. The molecule has 0 radical (unpaired) electrons. The standard InChI is InChI=1S/C25H25FN4O4/c1-15-16(2)24(32)28-27-22(15)12-17-7-8-21(26)20(11-17)25(33)29-9-10-30(23(31)14-29)18-5-4-6-19(13-18)34-3/h4-8,11,13H,9-10,12,14H2,1-3H3,(H,28,32). The van der Waals surface area contributed by atoms with E-state index in [0.29, 0.717) is 41.2 Å². The third kappa shape index (κ3) is 4.54. The van der Waals surface area contributed by atoms with Crippen LogP contribution in [0.15, 0.2) is 47.3 Å². The Morgan fingerprint density at radius 3 is 2.65 bits per heavy atom. The lowest BCUT2D eigenvalue weighted by Gasteiger charge is -2.34. The fourth-order valence-corrected chi connectivity index (χ4v) is 3.95. The summed E-state index contributed by atoms with van der Waals surface area (Å²) in [6, 6.07) is 11.4. The topological polar surface area (TPSA) is 95.6 Å². The molecule has 1 aliphatic rings. The number of amides is 2. The number of anilines is 1. The molecule has 1 N–H and O–H groups in total. The van der Waals surface area contributed by atoms with Gasteiger partial charge in [-0.05, 0) is 49.2 Å². The summed E-state index contributed by atoms with van der Waals surface area (Å²) in [5.41, 5.74) is 2.96. The fraction of sp³-hybridized carbons (Fsp3) is 0.280. The van der Waals surface area contributed by atoms with E-state index in [1.54, 1.807) is 56.2 Å². The predicted molar refractivity (Wildman–Crippen MR) is 125 cm³/mol. The Morgan fingerprint density at radius 1 is 1.12 bits per heavy atom. The Hall–Kier alpha value is -4.01. The van der Waals surface area contributed by atoms with Gasteiger partial charge in [0.2, 0.25) is 5.91 Å². The van der Waals surface area contributed by atoms with Gasteiger partial charge in [0, 0.05) is 36.8 Å². The van der Waals surface area contributed by atoms with Crippen LogP contribution in [-0.4, -0.2) is 53.7 Å². The smallest absolute Gasteiger partial charge is 0.267 e. The van der Waals surface area contributed by atoms with Crippen LogP contribution in [0, 0.1) is 19.7 Å². The molecule has 2 amide bonds. The van der Waals surface area contributed by atoms with Crippen LogP contribution in [0.2, 0.25) is 0 Å². The zero-order chi connectivity index (χ0) is 24.4. The van der Waals surface area contributed by atoms with E-state index in [4.69, 9.17) is 4.74 Å². The van der Waals surface area contributed by atoms with Crippen LogP contribution in [0.25, 0.3) is 0 Å². The van der Waals surface area contributed by atoms with Gasteiger partial charge in [0.25, 0.3) is 11.5 Å². The summed E-state index contributed by atoms with van der Waals surface area (Å²) in [7, 11) is 1.55. The van der Waals surface area contributed by atoms with E-state index < -0.39 is 11.7 Å². The van der Waals surface area contributed by atoms with Gasteiger partial charge in [-0.25, -0.2) is 9.49 Å². The summed E-state index contributed by atoms with van der Waals surface area (Å²) < 4.78 is 19.8. The zero-order valence-corrected chi connectivity index (χ0v) is 19.2. The molecule has 0 spiro atoms. The summed E-state index contributed by atoms with van der Waals surface area (Å²) in [5, 5.41) is 6.55. The average molecular weight is 464 g/mol. The minimum atomic E-state index is -0.654. The number of hydrogen-bond acceptors (Lipinski definition) is 5. The molecule has 176 valence electrons. The van der Waals surface area contributed by atoms with Crippen LogP contribution in [-0.2, 0) is 11.2 Å². The van der Waals surface area contributed by atoms with Crippen LogP contribution in [0.5, 0.6) is 5.75 Å². The van der Waals surface area contributed by atoms with E-state index in [1.165, 1.54) is 17.0 Å². The van der Waals surface area contributed by atoms with Crippen LogP contribution >= 0.6 is 0 Å². The lowest BCUT2D eigenvalue weighted by atomic mass is 10.0. The first-order valence-corrected chi connectivity index (χ1v) is 10.9. The van der Waals surface area contributed by atoms with Crippen molar-refractivity contribution in [1.29, 1.82) is 0 Å². The van der Waals surface area contributed by atoms with Gasteiger partial charge in [0.15, 0.2) is 0 Å². The lowest BCUT2D eigenvalue weighted by Crippen LogP contribution is -2.52. The van der Waals surface area contributed by atoms with Gasteiger partial charge in [0.05, 0.1) is 18.4 Å². The Morgan fingerprint density at radius 2 is 1.91 bits per heavy atom. The number of nitrogens with one attached hydrogen (secondary N) is 1. The normalized spacial score (nSPS) is 13.8. The second-order valence-electron chi connectivity index (χ2n) is 8.21. The first kappa shape index (κ1) is 23.2. The number of piperazine rings is 1. The fourth-order valence-electron chi connectivity index (χ4n) is 3.95. The minimum Gasteiger partial charge on any atom is -0.497 e. The van der Waals surface area contributed by atoms with Gasteiger partial charge in [-0.1, -0.05) is 12.1 Å².